The van der Waals surface area contributed by atoms with Gasteiger partial charge in [0.2, 0.25) is 5.95 Å². The fourth-order valence-electron chi connectivity index (χ4n) is 4.57. The molecule has 0 saturated carbocycles. The topological polar surface area (TPSA) is 81.6 Å². The smallest absolute Gasteiger partial charge is 0.211 e. The van der Waals surface area contributed by atoms with Crippen LogP contribution in [-0.2, 0) is 4.74 Å². The zero-order chi connectivity index (χ0) is 19.3. The third-order valence-corrected chi connectivity index (χ3v) is 6.51. The molecule has 0 unspecified atom stereocenters. The molecule has 8 heteroatoms. The monoisotopic (exact) mass is 398 g/mol. The number of halogens is 1. The predicted octanol–water partition coefficient (Wildman–Crippen LogP) is 3.42. The largest absolute Gasteiger partial charge is 0.382 e. The first kappa shape index (κ1) is 17.7. The number of hydrogen-bond donors (Lipinski definition) is 1. The van der Waals surface area contributed by atoms with Crippen molar-refractivity contribution in [2.45, 2.75) is 32.3 Å². The normalized spacial score (nSPS) is 21.6. The molecule has 3 aromatic rings. The molecule has 0 bridgehead atoms. The highest BCUT2D eigenvalue weighted by atomic mass is 35.5. The standard InChI is InChI=1S/C20H23ClN6O/c1-13-10-20(12-28-13)3-7-26(8-4-20)19-25-11-15(18-24-6-9-27(18)19)14-2-5-23-17(22)16(14)21/h2,5-6,9,11,13H,3-4,7-8,10,12H2,1H3,(H2,22,23)/t13-/m0/s1. The van der Waals surface area contributed by atoms with Crippen molar-refractivity contribution in [2.75, 3.05) is 30.3 Å². The maximum atomic E-state index is 6.39. The van der Waals surface area contributed by atoms with Crippen molar-refractivity contribution in [1.29, 1.82) is 0 Å². The van der Waals surface area contributed by atoms with Gasteiger partial charge < -0.3 is 15.4 Å². The summed E-state index contributed by atoms with van der Waals surface area (Å²) in [5.74, 6) is 1.22. The average molecular weight is 399 g/mol. The molecule has 2 aliphatic rings. The van der Waals surface area contributed by atoms with Crippen LogP contribution in [-0.4, -0.2) is 45.2 Å². The number of anilines is 2. The first-order valence-corrected chi connectivity index (χ1v) is 10.0. The zero-order valence-corrected chi connectivity index (χ0v) is 16.6. The van der Waals surface area contributed by atoms with Crippen molar-refractivity contribution >= 4 is 29.0 Å². The highest BCUT2D eigenvalue weighted by molar-refractivity contribution is 6.35. The number of fused-ring (bicyclic) bond motifs is 1. The molecular weight excluding hydrogens is 376 g/mol. The van der Waals surface area contributed by atoms with Gasteiger partial charge in [0, 0.05) is 49.0 Å². The van der Waals surface area contributed by atoms with Crippen LogP contribution >= 0.6 is 11.6 Å². The lowest BCUT2D eigenvalue weighted by molar-refractivity contribution is 0.0975. The van der Waals surface area contributed by atoms with E-state index in [9.17, 15) is 0 Å². The molecule has 146 valence electrons. The van der Waals surface area contributed by atoms with E-state index in [0.717, 1.165) is 61.7 Å². The average Bonchev–Trinajstić information content (AvgIpc) is 3.32. The van der Waals surface area contributed by atoms with Crippen LogP contribution < -0.4 is 10.6 Å². The molecule has 0 aliphatic carbocycles. The van der Waals surface area contributed by atoms with E-state index in [0.29, 0.717) is 22.4 Å². The Kier molecular flexibility index (Phi) is 4.17. The van der Waals surface area contributed by atoms with Gasteiger partial charge in [-0.3, -0.25) is 4.40 Å². The molecule has 28 heavy (non-hydrogen) atoms. The van der Waals surface area contributed by atoms with E-state index in [1.54, 1.807) is 12.4 Å². The molecule has 2 aliphatic heterocycles. The van der Waals surface area contributed by atoms with Crippen molar-refractivity contribution < 1.29 is 4.74 Å². The molecule has 0 aromatic carbocycles. The quantitative estimate of drug-likeness (QED) is 0.712. The Morgan fingerprint density at radius 2 is 2.00 bits per heavy atom. The van der Waals surface area contributed by atoms with E-state index in [4.69, 9.17) is 27.1 Å². The lowest BCUT2D eigenvalue weighted by atomic mass is 9.77. The van der Waals surface area contributed by atoms with Crippen molar-refractivity contribution in [2.24, 2.45) is 5.41 Å². The molecule has 0 radical (unpaired) electrons. The van der Waals surface area contributed by atoms with E-state index in [2.05, 4.69) is 21.8 Å². The second-order valence-corrected chi connectivity index (χ2v) is 8.34. The molecule has 7 nitrogen and oxygen atoms in total. The van der Waals surface area contributed by atoms with Crippen LogP contribution in [0.2, 0.25) is 5.02 Å². The van der Waals surface area contributed by atoms with Gasteiger partial charge >= 0.3 is 0 Å². The molecule has 2 saturated heterocycles. The van der Waals surface area contributed by atoms with Gasteiger partial charge in [-0.2, -0.15) is 0 Å². The SMILES string of the molecule is C[C@H]1CC2(CCN(c3ncc(-c4ccnc(N)c4Cl)c4nccn34)CC2)CO1. The second kappa shape index (κ2) is 6.60. The molecule has 1 atom stereocenters. The maximum Gasteiger partial charge on any atom is 0.211 e. The summed E-state index contributed by atoms with van der Waals surface area (Å²) in [7, 11) is 0. The first-order valence-electron chi connectivity index (χ1n) is 9.65. The van der Waals surface area contributed by atoms with Crippen LogP contribution in [0.15, 0.2) is 30.9 Å². The van der Waals surface area contributed by atoms with E-state index < -0.39 is 0 Å². The Hall–Kier alpha value is -2.38. The van der Waals surface area contributed by atoms with Gasteiger partial charge in [0.25, 0.3) is 0 Å². The van der Waals surface area contributed by atoms with Gasteiger partial charge in [-0.15, -0.1) is 0 Å². The minimum absolute atomic E-state index is 0.308. The number of nitrogen functional groups attached to an aromatic ring is 1. The Morgan fingerprint density at radius 1 is 1.18 bits per heavy atom. The summed E-state index contributed by atoms with van der Waals surface area (Å²) in [4.78, 5) is 15.7. The lowest BCUT2D eigenvalue weighted by Crippen LogP contribution is -2.41. The van der Waals surface area contributed by atoms with E-state index in [-0.39, 0.29) is 0 Å². The van der Waals surface area contributed by atoms with Crippen molar-refractivity contribution in [3.8, 4) is 11.1 Å². The van der Waals surface area contributed by atoms with E-state index in [1.807, 2.05) is 22.9 Å². The highest BCUT2D eigenvalue weighted by Gasteiger charge is 2.41. The fourth-order valence-corrected chi connectivity index (χ4v) is 4.79. The Bertz CT molecular complexity index is 1030. The third-order valence-electron chi connectivity index (χ3n) is 6.11. The van der Waals surface area contributed by atoms with Crippen LogP contribution in [0.3, 0.4) is 0 Å². The van der Waals surface area contributed by atoms with Gasteiger partial charge in [0.15, 0.2) is 0 Å². The highest BCUT2D eigenvalue weighted by Crippen LogP contribution is 2.42. The molecule has 5 rings (SSSR count). The maximum absolute atomic E-state index is 6.39. The van der Waals surface area contributed by atoms with E-state index >= 15 is 0 Å². The van der Waals surface area contributed by atoms with Crippen molar-refractivity contribution in [1.82, 2.24) is 19.4 Å². The number of piperidine rings is 1. The molecule has 3 aromatic heterocycles. The number of nitrogens with two attached hydrogens (primary N) is 1. The lowest BCUT2D eigenvalue weighted by Gasteiger charge is -2.39. The summed E-state index contributed by atoms with van der Waals surface area (Å²) in [5.41, 5.74) is 8.67. The summed E-state index contributed by atoms with van der Waals surface area (Å²) in [6, 6.07) is 1.84. The van der Waals surface area contributed by atoms with Gasteiger partial charge in [0.05, 0.1) is 17.7 Å². The number of aromatic nitrogens is 4. The third kappa shape index (κ3) is 2.81. The summed E-state index contributed by atoms with van der Waals surface area (Å²) < 4.78 is 7.89. The van der Waals surface area contributed by atoms with Crippen LogP contribution in [0.1, 0.15) is 26.2 Å². The summed E-state index contributed by atoms with van der Waals surface area (Å²) in [6.07, 6.45) is 11.0. The number of pyridine rings is 1. The number of hydrogen-bond acceptors (Lipinski definition) is 6. The van der Waals surface area contributed by atoms with Crippen LogP contribution in [0.25, 0.3) is 16.8 Å². The van der Waals surface area contributed by atoms with Crippen LogP contribution in [0.4, 0.5) is 11.8 Å². The Balaban J connectivity index is 1.48. The summed E-state index contributed by atoms with van der Waals surface area (Å²) in [6.45, 7) is 5.00. The van der Waals surface area contributed by atoms with Gasteiger partial charge in [-0.25, -0.2) is 15.0 Å². The van der Waals surface area contributed by atoms with Crippen LogP contribution in [0.5, 0.6) is 0 Å². The summed E-state index contributed by atoms with van der Waals surface area (Å²) in [5, 5.41) is 0.428. The Morgan fingerprint density at radius 3 is 2.75 bits per heavy atom. The molecule has 0 amide bonds. The predicted molar refractivity (Wildman–Crippen MR) is 110 cm³/mol. The van der Waals surface area contributed by atoms with Gasteiger partial charge in [-0.1, -0.05) is 11.6 Å². The number of rotatable bonds is 2. The number of imidazole rings is 1. The molecule has 2 N–H and O–H groups in total. The van der Waals surface area contributed by atoms with Crippen molar-refractivity contribution in [3.63, 3.8) is 0 Å². The number of ether oxygens (including phenoxy) is 1. The first-order chi connectivity index (χ1) is 13.6. The van der Waals surface area contributed by atoms with E-state index in [1.165, 1.54) is 0 Å². The molecule has 5 heterocycles. The minimum Gasteiger partial charge on any atom is -0.382 e. The van der Waals surface area contributed by atoms with Gasteiger partial charge in [0.1, 0.15) is 11.5 Å². The Labute approximate surface area is 168 Å². The second-order valence-electron chi connectivity index (χ2n) is 7.96. The van der Waals surface area contributed by atoms with Gasteiger partial charge in [-0.05, 0) is 37.7 Å². The molecular formula is C20H23ClN6O. The number of nitrogens with zero attached hydrogens (tertiary/aromatic N) is 5. The van der Waals surface area contributed by atoms with Crippen molar-refractivity contribution in [3.05, 3.63) is 35.9 Å². The van der Waals surface area contributed by atoms with Crippen LogP contribution in [0, 0.1) is 5.41 Å². The molecule has 1 spiro atoms. The molecule has 2 fully saturated rings. The summed E-state index contributed by atoms with van der Waals surface area (Å²) >= 11 is 6.39. The minimum atomic E-state index is 0.308. The zero-order valence-electron chi connectivity index (χ0n) is 15.8. The fraction of sp³-hybridized carbons (Fsp3) is 0.450.